The summed E-state index contributed by atoms with van der Waals surface area (Å²) in [5.74, 6) is -1.89. The van der Waals surface area contributed by atoms with Crippen LogP contribution in [-0.2, 0) is 28.6 Å². The van der Waals surface area contributed by atoms with Crippen molar-refractivity contribution in [1.29, 1.82) is 0 Å². The number of carbonyl (C=O) groups is 3. The molecule has 0 aliphatic carbocycles. The van der Waals surface area contributed by atoms with Gasteiger partial charge in [-0.15, -0.1) is 0 Å². The van der Waals surface area contributed by atoms with Crippen LogP contribution in [0.3, 0.4) is 0 Å². The Morgan fingerprint density at radius 1 is 0.885 bits per heavy atom. The Morgan fingerprint density at radius 2 is 1.46 bits per heavy atom. The predicted octanol–water partition coefficient (Wildman–Crippen LogP) is 0.800. The number of aliphatic hydroxyl groups excluding tert-OH is 2. The molecule has 0 amide bonds. The number of ether oxygens (including phenoxy) is 3. The molecule has 1 heterocycles. The molecule has 2 unspecified atom stereocenters. The summed E-state index contributed by atoms with van der Waals surface area (Å²) in [5, 5.41) is 19.8. The zero-order valence-corrected chi connectivity index (χ0v) is 15.2. The summed E-state index contributed by atoms with van der Waals surface area (Å²) in [7, 11) is 0. The first-order valence-corrected chi connectivity index (χ1v) is 8.49. The Bertz CT molecular complexity index is 553. The minimum atomic E-state index is -1.18. The second-order valence-electron chi connectivity index (χ2n) is 6.15. The molecule has 5 atom stereocenters. The molecule has 0 saturated carbocycles. The van der Waals surface area contributed by atoms with Crippen molar-refractivity contribution in [3.8, 4) is 0 Å². The van der Waals surface area contributed by atoms with E-state index in [9.17, 15) is 24.6 Å². The molecule has 0 saturated heterocycles. The summed E-state index contributed by atoms with van der Waals surface area (Å²) >= 11 is 0. The smallest absolute Gasteiger partial charge is 0.330 e. The van der Waals surface area contributed by atoms with Gasteiger partial charge in [0, 0.05) is 12.5 Å². The largest absolute Gasteiger partial charge is 0.460 e. The number of carbonyl (C=O) groups excluding carboxylic acids is 3. The number of allylic oxidation sites excluding steroid dienone is 1. The number of aliphatic hydroxyl groups is 2. The van der Waals surface area contributed by atoms with Crippen molar-refractivity contribution >= 4 is 17.9 Å². The minimum Gasteiger partial charge on any atom is -0.460 e. The molecule has 26 heavy (non-hydrogen) atoms. The van der Waals surface area contributed by atoms with E-state index in [2.05, 4.69) is 0 Å². The van der Waals surface area contributed by atoms with Gasteiger partial charge in [-0.3, -0.25) is 9.59 Å². The van der Waals surface area contributed by atoms with Gasteiger partial charge in [0.25, 0.3) is 0 Å². The van der Waals surface area contributed by atoms with Crippen LogP contribution in [0.2, 0.25) is 0 Å². The summed E-state index contributed by atoms with van der Waals surface area (Å²) in [6.07, 6.45) is 0.804. The van der Waals surface area contributed by atoms with Gasteiger partial charge in [0.15, 0.2) is 0 Å². The highest BCUT2D eigenvalue weighted by Gasteiger charge is 2.21. The quantitative estimate of drug-likeness (QED) is 0.365. The molecule has 2 N–H and O–H groups in total. The van der Waals surface area contributed by atoms with E-state index < -0.39 is 48.4 Å². The topological polar surface area (TPSA) is 119 Å². The maximum Gasteiger partial charge on any atom is 0.330 e. The number of hydrogen-bond donors (Lipinski definition) is 2. The highest BCUT2D eigenvalue weighted by molar-refractivity contribution is 5.82. The average molecular weight is 370 g/mol. The Balaban J connectivity index is 2.83. The van der Waals surface area contributed by atoms with Crippen LogP contribution in [0, 0.1) is 0 Å². The number of rotatable bonds is 0. The lowest BCUT2D eigenvalue weighted by Gasteiger charge is -2.19. The van der Waals surface area contributed by atoms with Gasteiger partial charge in [-0.05, 0) is 33.3 Å². The third kappa shape index (κ3) is 8.26. The highest BCUT2D eigenvalue weighted by atomic mass is 16.6. The van der Waals surface area contributed by atoms with E-state index in [1.165, 1.54) is 26.8 Å². The van der Waals surface area contributed by atoms with E-state index in [1.54, 1.807) is 6.08 Å². The van der Waals surface area contributed by atoms with Crippen LogP contribution in [0.5, 0.6) is 0 Å². The van der Waals surface area contributed by atoms with E-state index in [4.69, 9.17) is 14.2 Å². The SMILES string of the molecule is CC1OC(=O)C[C@H](C)OC(=O)/C=C/C(O)[C@H](C)OC(=O)CC/C=C/[C@H]1O. The molecule has 8 nitrogen and oxygen atoms in total. The Hall–Kier alpha value is -2.19. The molecule has 0 spiro atoms. The molecule has 1 aliphatic heterocycles. The molecule has 0 aromatic heterocycles. The highest BCUT2D eigenvalue weighted by Crippen LogP contribution is 2.09. The second-order valence-corrected chi connectivity index (χ2v) is 6.15. The zero-order valence-electron chi connectivity index (χ0n) is 15.2. The van der Waals surface area contributed by atoms with Crippen molar-refractivity contribution in [2.24, 2.45) is 0 Å². The first kappa shape index (κ1) is 21.9. The van der Waals surface area contributed by atoms with E-state index in [1.807, 2.05) is 0 Å². The predicted molar refractivity (Wildman–Crippen MR) is 90.8 cm³/mol. The summed E-state index contributed by atoms with van der Waals surface area (Å²) in [4.78, 5) is 35.2. The Labute approximate surface area is 152 Å². The first-order valence-electron chi connectivity index (χ1n) is 8.49. The zero-order chi connectivity index (χ0) is 19.7. The van der Waals surface area contributed by atoms with Crippen molar-refractivity contribution in [3.05, 3.63) is 24.3 Å². The van der Waals surface area contributed by atoms with Gasteiger partial charge < -0.3 is 24.4 Å². The standard InChI is InChI=1S/C18H26O8/c1-11-10-18(23)26-12(2)14(19)6-4-5-7-16(21)25-13(3)15(20)8-9-17(22)24-11/h4,6,8-9,11-15,19-20H,5,7,10H2,1-3H3/b6-4+,9-8+/t11-,12?,13-,14+,15?/m0/s1. The van der Waals surface area contributed by atoms with Gasteiger partial charge in [0.2, 0.25) is 0 Å². The first-order chi connectivity index (χ1) is 12.2. The lowest BCUT2D eigenvalue weighted by Crippen LogP contribution is -2.29. The molecule has 8 heteroatoms. The minimum absolute atomic E-state index is 0.0533. The van der Waals surface area contributed by atoms with Gasteiger partial charge >= 0.3 is 17.9 Å². The molecule has 0 aromatic carbocycles. The molecule has 0 aromatic rings. The molecule has 0 bridgehead atoms. The summed E-state index contributed by atoms with van der Waals surface area (Å²) < 4.78 is 15.2. The van der Waals surface area contributed by atoms with Crippen LogP contribution in [0.4, 0.5) is 0 Å². The Kier molecular flexibility index (Phi) is 9.01. The van der Waals surface area contributed by atoms with Crippen LogP contribution < -0.4 is 0 Å². The number of cyclic esters (lactones) is 3. The maximum atomic E-state index is 11.8. The van der Waals surface area contributed by atoms with Gasteiger partial charge in [-0.25, -0.2) is 4.79 Å². The van der Waals surface area contributed by atoms with Crippen LogP contribution >= 0.6 is 0 Å². The lowest BCUT2D eigenvalue weighted by molar-refractivity contribution is -0.157. The van der Waals surface area contributed by atoms with E-state index in [0.717, 1.165) is 12.2 Å². The summed E-state index contributed by atoms with van der Waals surface area (Å²) in [6.45, 7) is 4.55. The fourth-order valence-corrected chi connectivity index (χ4v) is 2.10. The second kappa shape index (κ2) is 10.7. The molecule has 146 valence electrons. The fourth-order valence-electron chi connectivity index (χ4n) is 2.10. The Morgan fingerprint density at radius 3 is 2.12 bits per heavy atom. The van der Waals surface area contributed by atoms with E-state index >= 15 is 0 Å². The normalized spacial score (nSPS) is 35.3. The monoisotopic (exact) mass is 370 g/mol. The van der Waals surface area contributed by atoms with E-state index in [-0.39, 0.29) is 12.8 Å². The third-order valence-electron chi connectivity index (χ3n) is 3.65. The van der Waals surface area contributed by atoms with Crippen molar-refractivity contribution < 1.29 is 38.8 Å². The molecular weight excluding hydrogens is 344 g/mol. The van der Waals surface area contributed by atoms with Crippen molar-refractivity contribution in [3.63, 3.8) is 0 Å². The van der Waals surface area contributed by atoms with Crippen LogP contribution in [-0.4, -0.2) is 58.6 Å². The molecular formula is C18H26O8. The fraction of sp³-hybridized carbons (Fsp3) is 0.611. The third-order valence-corrected chi connectivity index (χ3v) is 3.65. The van der Waals surface area contributed by atoms with Crippen molar-refractivity contribution in [2.75, 3.05) is 0 Å². The summed E-state index contributed by atoms with van der Waals surface area (Å²) in [6, 6.07) is 0. The maximum absolute atomic E-state index is 11.8. The van der Waals surface area contributed by atoms with Crippen molar-refractivity contribution in [1.82, 2.24) is 0 Å². The summed E-state index contributed by atoms with van der Waals surface area (Å²) in [5.41, 5.74) is 0. The van der Waals surface area contributed by atoms with Gasteiger partial charge in [-0.1, -0.05) is 12.2 Å². The van der Waals surface area contributed by atoms with Crippen molar-refractivity contribution in [2.45, 2.75) is 70.6 Å². The lowest BCUT2D eigenvalue weighted by atomic mass is 10.1. The average Bonchev–Trinajstić information content (AvgIpc) is 2.54. The van der Waals surface area contributed by atoms with Gasteiger partial charge in [-0.2, -0.15) is 0 Å². The van der Waals surface area contributed by atoms with Crippen LogP contribution in [0.1, 0.15) is 40.0 Å². The molecule has 1 rings (SSSR count). The number of esters is 3. The van der Waals surface area contributed by atoms with Gasteiger partial charge in [0.05, 0.1) is 6.42 Å². The number of hydrogen-bond acceptors (Lipinski definition) is 8. The van der Waals surface area contributed by atoms with E-state index in [0.29, 0.717) is 6.42 Å². The van der Waals surface area contributed by atoms with Crippen LogP contribution in [0.15, 0.2) is 24.3 Å². The molecule has 0 fully saturated rings. The molecule has 0 radical (unpaired) electrons. The molecule has 1 aliphatic rings. The van der Waals surface area contributed by atoms with Crippen LogP contribution in [0.25, 0.3) is 0 Å². The van der Waals surface area contributed by atoms with Gasteiger partial charge in [0.1, 0.15) is 30.5 Å².